The second-order valence-corrected chi connectivity index (χ2v) is 7.11. The molecule has 0 radical (unpaired) electrons. The number of nitrogens with one attached hydrogen (secondary N) is 1. The first-order chi connectivity index (χ1) is 12.5. The van der Waals surface area contributed by atoms with Crippen molar-refractivity contribution in [2.75, 3.05) is 0 Å². The normalized spacial score (nSPS) is 16.2. The lowest BCUT2D eigenvalue weighted by molar-refractivity contribution is 0.0938. The van der Waals surface area contributed by atoms with Gasteiger partial charge in [0.15, 0.2) is 0 Å². The number of carbonyl (C=O) groups is 1. The van der Waals surface area contributed by atoms with Crippen LogP contribution < -0.4 is 5.32 Å². The van der Waals surface area contributed by atoms with E-state index in [1.165, 1.54) is 0 Å². The summed E-state index contributed by atoms with van der Waals surface area (Å²) < 4.78 is 5.30. The third-order valence-corrected chi connectivity index (χ3v) is 5.02. The Kier molecular flexibility index (Phi) is 3.90. The van der Waals surface area contributed by atoms with Crippen LogP contribution in [-0.4, -0.2) is 21.2 Å². The van der Waals surface area contributed by atoms with Crippen LogP contribution in [0.4, 0.5) is 0 Å². The maximum Gasteiger partial charge on any atom is 0.259 e. The fourth-order valence-corrected chi connectivity index (χ4v) is 3.61. The molecule has 3 aromatic rings. The molecule has 0 saturated heterocycles. The van der Waals surface area contributed by atoms with Gasteiger partial charge in [-0.3, -0.25) is 4.79 Å². The summed E-state index contributed by atoms with van der Waals surface area (Å²) in [6.07, 6.45) is 1.52. The van der Waals surface area contributed by atoms with Gasteiger partial charge in [0, 0.05) is 5.69 Å². The predicted molar refractivity (Wildman–Crippen MR) is 97.3 cm³/mol. The number of pyridine rings is 1. The van der Waals surface area contributed by atoms with Crippen molar-refractivity contribution in [2.45, 2.75) is 45.6 Å². The quantitative estimate of drug-likeness (QED) is 0.750. The van der Waals surface area contributed by atoms with E-state index in [0.29, 0.717) is 28.1 Å². The minimum atomic E-state index is -0.174. The van der Waals surface area contributed by atoms with Gasteiger partial charge < -0.3 is 14.9 Å². The molecule has 1 amide bonds. The number of fused-ring (bicyclic) bond motifs is 2. The summed E-state index contributed by atoms with van der Waals surface area (Å²) in [6, 6.07) is 7.16. The Hall–Kier alpha value is -2.89. The summed E-state index contributed by atoms with van der Waals surface area (Å²) >= 11 is 0. The monoisotopic (exact) mass is 351 g/mol. The highest BCUT2D eigenvalue weighted by molar-refractivity contribution is 6.06. The molecule has 6 nitrogen and oxygen atoms in total. The first kappa shape index (κ1) is 16.6. The fourth-order valence-electron chi connectivity index (χ4n) is 3.61. The topological polar surface area (TPSA) is 88.2 Å². The molecule has 0 aliphatic heterocycles. The van der Waals surface area contributed by atoms with E-state index in [4.69, 9.17) is 4.52 Å². The van der Waals surface area contributed by atoms with Crippen LogP contribution in [0.2, 0.25) is 0 Å². The van der Waals surface area contributed by atoms with E-state index >= 15 is 0 Å². The van der Waals surface area contributed by atoms with E-state index in [1.807, 2.05) is 39.0 Å². The molecule has 1 aliphatic rings. The molecular formula is C20H21N3O3. The minimum Gasteiger partial charge on any atom is -0.508 e. The van der Waals surface area contributed by atoms with E-state index < -0.39 is 0 Å². The van der Waals surface area contributed by atoms with Gasteiger partial charge in [0.25, 0.3) is 11.6 Å². The highest BCUT2D eigenvalue weighted by Gasteiger charge is 2.28. The van der Waals surface area contributed by atoms with Gasteiger partial charge in [-0.05, 0) is 48.9 Å². The van der Waals surface area contributed by atoms with Crippen LogP contribution in [-0.2, 0) is 6.42 Å². The number of hydrogen-bond acceptors (Lipinski definition) is 5. The number of benzene rings is 1. The number of aromatic hydroxyl groups is 1. The molecule has 26 heavy (non-hydrogen) atoms. The van der Waals surface area contributed by atoms with Crippen LogP contribution in [0.1, 0.15) is 65.1 Å². The molecule has 0 spiro atoms. The highest BCUT2D eigenvalue weighted by atomic mass is 16.5. The first-order valence-electron chi connectivity index (χ1n) is 8.84. The lowest BCUT2D eigenvalue weighted by Crippen LogP contribution is -2.27. The van der Waals surface area contributed by atoms with Crippen molar-refractivity contribution in [3.8, 4) is 5.75 Å². The van der Waals surface area contributed by atoms with Crippen LogP contribution >= 0.6 is 0 Å². The number of nitrogens with zero attached hydrogens (tertiary/aromatic N) is 2. The zero-order valence-corrected chi connectivity index (χ0v) is 15.0. The summed E-state index contributed by atoms with van der Waals surface area (Å²) in [5.74, 6) is 0.287. The van der Waals surface area contributed by atoms with Crippen LogP contribution in [0, 0.1) is 6.92 Å². The number of carbonyl (C=O) groups excluding carboxylic acids is 1. The Morgan fingerprint density at radius 3 is 2.96 bits per heavy atom. The molecule has 1 aliphatic carbocycles. The molecule has 1 atom stereocenters. The Bertz CT molecular complexity index is 1010. The van der Waals surface area contributed by atoms with E-state index in [1.54, 1.807) is 6.07 Å². The third-order valence-electron chi connectivity index (χ3n) is 5.02. The van der Waals surface area contributed by atoms with Crippen molar-refractivity contribution < 1.29 is 14.4 Å². The summed E-state index contributed by atoms with van der Waals surface area (Å²) in [4.78, 5) is 17.5. The zero-order valence-electron chi connectivity index (χ0n) is 15.0. The maximum absolute atomic E-state index is 13.1. The molecule has 2 heterocycles. The molecule has 4 rings (SSSR count). The molecule has 0 fully saturated rings. The van der Waals surface area contributed by atoms with Crippen LogP contribution in [0.15, 0.2) is 28.8 Å². The van der Waals surface area contributed by atoms with Gasteiger partial charge in [0.05, 0.1) is 22.7 Å². The molecule has 134 valence electrons. The van der Waals surface area contributed by atoms with Gasteiger partial charge in [-0.25, -0.2) is 4.98 Å². The maximum atomic E-state index is 13.1. The molecule has 0 saturated carbocycles. The largest absolute Gasteiger partial charge is 0.508 e. The number of phenols is 1. The SMILES string of the molecule is Cc1noc2nc(C(C)C)cc(C(=O)NC3CCc4c(O)cccc43)c12. The molecule has 0 bridgehead atoms. The van der Waals surface area contributed by atoms with Gasteiger partial charge in [0.1, 0.15) is 5.75 Å². The minimum absolute atomic E-state index is 0.115. The number of aryl methyl sites for hydroxylation is 1. The molecule has 1 unspecified atom stereocenters. The number of hydrogen-bond donors (Lipinski definition) is 2. The predicted octanol–water partition coefficient (Wildman–Crippen LogP) is 3.78. The smallest absolute Gasteiger partial charge is 0.259 e. The zero-order chi connectivity index (χ0) is 18.4. The average Bonchev–Trinajstić information content (AvgIpc) is 3.19. The average molecular weight is 351 g/mol. The van der Waals surface area contributed by atoms with Crippen molar-refractivity contribution in [2.24, 2.45) is 0 Å². The highest BCUT2D eigenvalue weighted by Crippen LogP contribution is 2.36. The molecule has 1 aromatic carbocycles. The van der Waals surface area contributed by atoms with Crippen molar-refractivity contribution in [1.29, 1.82) is 0 Å². The Morgan fingerprint density at radius 2 is 2.19 bits per heavy atom. The van der Waals surface area contributed by atoms with Crippen molar-refractivity contribution in [3.05, 3.63) is 52.3 Å². The number of phenolic OH excluding ortho intramolecular Hbond substituents is 1. The Labute approximate surface area is 151 Å². The lowest BCUT2D eigenvalue weighted by atomic mass is 10.0. The first-order valence-corrected chi connectivity index (χ1v) is 8.84. The summed E-state index contributed by atoms with van der Waals surface area (Å²) in [7, 11) is 0. The third kappa shape index (κ3) is 2.62. The summed E-state index contributed by atoms with van der Waals surface area (Å²) in [6.45, 7) is 5.85. The van der Waals surface area contributed by atoms with Crippen molar-refractivity contribution >= 4 is 17.0 Å². The van der Waals surface area contributed by atoms with Gasteiger partial charge in [-0.1, -0.05) is 31.1 Å². The van der Waals surface area contributed by atoms with E-state index in [9.17, 15) is 9.90 Å². The fraction of sp³-hybridized carbons (Fsp3) is 0.350. The van der Waals surface area contributed by atoms with Crippen molar-refractivity contribution in [1.82, 2.24) is 15.5 Å². The Morgan fingerprint density at radius 1 is 1.38 bits per heavy atom. The second-order valence-electron chi connectivity index (χ2n) is 7.11. The van der Waals surface area contributed by atoms with E-state index in [-0.39, 0.29) is 17.9 Å². The Balaban J connectivity index is 1.72. The van der Waals surface area contributed by atoms with Gasteiger partial charge in [0.2, 0.25) is 0 Å². The van der Waals surface area contributed by atoms with Crippen LogP contribution in [0.3, 0.4) is 0 Å². The molecule has 6 heteroatoms. The van der Waals surface area contributed by atoms with Gasteiger partial charge >= 0.3 is 0 Å². The van der Waals surface area contributed by atoms with Gasteiger partial charge in [-0.15, -0.1) is 0 Å². The molecular weight excluding hydrogens is 330 g/mol. The number of aromatic nitrogens is 2. The van der Waals surface area contributed by atoms with Gasteiger partial charge in [-0.2, -0.15) is 0 Å². The van der Waals surface area contributed by atoms with Crippen molar-refractivity contribution in [3.63, 3.8) is 0 Å². The standard InChI is InChI=1S/C20H21N3O3/c1-10(2)16-9-14(18-11(3)23-26-20(18)22-16)19(25)21-15-8-7-13-12(15)5-4-6-17(13)24/h4-6,9-10,15,24H,7-8H2,1-3H3,(H,21,25). The number of rotatable bonds is 3. The van der Waals surface area contributed by atoms with E-state index in [0.717, 1.165) is 29.7 Å². The summed E-state index contributed by atoms with van der Waals surface area (Å²) in [5, 5.41) is 17.7. The number of amides is 1. The van der Waals surface area contributed by atoms with E-state index in [2.05, 4.69) is 15.5 Å². The molecule has 2 aromatic heterocycles. The van der Waals surface area contributed by atoms with Crippen LogP contribution in [0.25, 0.3) is 11.1 Å². The lowest BCUT2D eigenvalue weighted by Gasteiger charge is -2.15. The second kappa shape index (κ2) is 6.12. The summed E-state index contributed by atoms with van der Waals surface area (Å²) in [5.41, 5.74) is 4.27. The molecule has 2 N–H and O–H groups in total. The van der Waals surface area contributed by atoms with Crippen LogP contribution in [0.5, 0.6) is 5.75 Å².